The van der Waals surface area contributed by atoms with Crippen LogP contribution in [0.1, 0.15) is 58.9 Å². The van der Waals surface area contributed by atoms with Crippen LogP contribution in [-0.2, 0) is 17.6 Å². The molecule has 1 atom stereocenters. The molecule has 1 amide bonds. The van der Waals surface area contributed by atoms with E-state index in [0.29, 0.717) is 30.3 Å². The first-order chi connectivity index (χ1) is 17.1. The van der Waals surface area contributed by atoms with Crippen LogP contribution < -0.4 is 5.32 Å². The predicted octanol–water partition coefficient (Wildman–Crippen LogP) is 5.51. The van der Waals surface area contributed by atoms with Gasteiger partial charge in [-0.3, -0.25) is 9.59 Å². The summed E-state index contributed by atoms with van der Waals surface area (Å²) in [5.41, 5.74) is 7.01. The first kappa shape index (κ1) is 22.7. The summed E-state index contributed by atoms with van der Waals surface area (Å²) in [4.78, 5) is 33.8. The Morgan fingerprint density at radius 2 is 1.71 bits per heavy atom. The molecule has 3 aromatic carbocycles. The number of benzene rings is 3. The Balaban J connectivity index is 1.42. The second-order valence-corrected chi connectivity index (χ2v) is 8.95. The Morgan fingerprint density at radius 3 is 2.54 bits per heavy atom. The SMILES string of the molecule is O=C(O)CCCCc1nc2cc(C(=O)NC3CCc4ccccc43)ccc2nc1-c1ccccc1. The quantitative estimate of drug-likeness (QED) is 0.335. The predicted molar refractivity (Wildman–Crippen MR) is 135 cm³/mol. The number of hydrogen-bond acceptors (Lipinski definition) is 4. The van der Waals surface area contributed by atoms with Gasteiger partial charge in [0.15, 0.2) is 0 Å². The van der Waals surface area contributed by atoms with Gasteiger partial charge < -0.3 is 10.4 Å². The van der Waals surface area contributed by atoms with Crippen molar-refractivity contribution in [3.05, 3.63) is 95.2 Å². The largest absolute Gasteiger partial charge is 0.481 e. The number of carboxylic acid groups (broad SMARTS) is 1. The van der Waals surface area contributed by atoms with E-state index in [1.54, 1.807) is 12.1 Å². The molecule has 1 aliphatic rings. The molecule has 0 fully saturated rings. The number of amides is 1. The molecule has 0 bridgehead atoms. The molecule has 0 saturated carbocycles. The fraction of sp³-hybridized carbons (Fsp3) is 0.241. The molecule has 0 radical (unpaired) electrons. The molecule has 1 aliphatic carbocycles. The Kier molecular flexibility index (Phi) is 6.53. The number of nitrogens with one attached hydrogen (secondary N) is 1. The number of unbranched alkanes of at least 4 members (excludes halogenated alkanes) is 1. The monoisotopic (exact) mass is 465 g/mol. The summed E-state index contributed by atoms with van der Waals surface area (Å²) in [5, 5.41) is 12.1. The first-order valence-electron chi connectivity index (χ1n) is 12.0. The standard InChI is InChI=1S/C29H27N3O3/c33-27(34)13-7-6-12-25-28(20-9-2-1-3-10-20)31-24-17-15-21(18-26(24)30-25)29(35)32-23-16-14-19-8-4-5-11-22(19)23/h1-5,8-11,15,17-18,23H,6-7,12-14,16H2,(H,32,35)(H,33,34). The molecule has 6 nitrogen and oxygen atoms in total. The van der Waals surface area contributed by atoms with Crippen molar-refractivity contribution in [3.8, 4) is 11.3 Å². The highest BCUT2D eigenvalue weighted by Crippen LogP contribution is 2.31. The lowest BCUT2D eigenvalue weighted by atomic mass is 10.0. The van der Waals surface area contributed by atoms with Crippen molar-refractivity contribution in [1.82, 2.24) is 15.3 Å². The summed E-state index contributed by atoms with van der Waals surface area (Å²) < 4.78 is 0. The molecular weight excluding hydrogens is 438 g/mol. The van der Waals surface area contributed by atoms with E-state index < -0.39 is 5.97 Å². The van der Waals surface area contributed by atoms with Gasteiger partial charge in [-0.15, -0.1) is 0 Å². The lowest BCUT2D eigenvalue weighted by Crippen LogP contribution is -2.27. The number of aromatic nitrogens is 2. The number of rotatable bonds is 8. The number of hydrogen-bond donors (Lipinski definition) is 2. The van der Waals surface area contributed by atoms with E-state index in [2.05, 4.69) is 17.4 Å². The van der Waals surface area contributed by atoms with Crippen LogP contribution in [0.3, 0.4) is 0 Å². The van der Waals surface area contributed by atoms with Crippen LogP contribution in [0.15, 0.2) is 72.8 Å². The number of carboxylic acids is 1. The van der Waals surface area contributed by atoms with Crippen LogP contribution in [0.2, 0.25) is 0 Å². The van der Waals surface area contributed by atoms with Gasteiger partial charge in [0.05, 0.1) is 28.5 Å². The zero-order valence-electron chi connectivity index (χ0n) is 19.4. The van der Waals surface area contributed by atoms with E-state index >= 15 is 0 Å². The van der Waals surface area contributed by atoms with Gasteiger partial charge in [-0.1, -0.05) is 54.6 Å². The number of carbonyl (C=O) groups excluding carboxylic acids is 1. The van der Waals surface area contributed by atoms with E-state index in [4.69, 9.17) is 15.1 Å². The van der Waals surface area contributed by atoms with E-state index in [9.17, 15) is 9.59 Å². The second kappa shape index (κ2) is 10.1. The Hall–Kier alpha value is -4.06. The molecule has 1 aromatic heterocycles. The van der Waals surface area contributed by atoms with E-state index in [1.165, 1.54) is 11.1 Å². The Bertz CT molecular complexity index is 1380. The Morgan fingerprint density at radius 1 is 0.914 bits per heavy atom. The fourth-order valence-electron chi connectivity index (χ4n) is 4.75. The van der Waals surface area contributed by atoms with E-state index in [-0.39, 0.29) is 18.4 Å². The summed E-state index contributed by atoms with van der Waals surface area (Å²) in [6.45, 7) is 0. The van der Waals surface area contributed by atoms with Crippen LogP contribution in [0.4, 0.5) is 0 Å². The average molecular weight is 466 g/mol. The van der Waals surface area contributed by atoms with Gasteiger partial charge >= 0.3 is 5.97 Å². The molecule has 6 heteroatoms. The van der Waals surface area contributed by atoms with Crippen LogP contribution in [0.25, 0.3) is 22.3 Å². The van der Waals surface area contributed by atoms with Gasteiger partial charge in [-0.25, -0.2) is 9.97 Å². The van der Waals surface area contributed by atoms with Gasteiger partial charge in [0.25, 0.3) is 5.91 Å². The molecule has 0 aliphatic heterocycles. The van der Waals surface area contributed by atoms with Gasteiger partial charge in [0.1, 0.15) is 0 Å². The molecule has 0 saturated heterocycles. The minimum Gasteiger partial charge on any atom is -0.481 e. The third-order valence-electron chi connectivity index (χ3n) is 6.54. The van der Waals surface area contributed by atoms with E-state index in [1.807, 2.05) is 48.5 Å². The van der Waals surface area contributed by atoms with Crippen LogP contribution in [0, 0.1) is 0 Å². The summed E-state index contributed by atoms with van der Waals surface area (Å²) >= 11 is 0. The Labute approximate surface area is 204 Å². The highest BCUT2D eigenvalue weighted by Gasteiger charge is 2.24. The molecule has 1 heterocycles. The number of carbonyl (C=O) groups is 2. The van der Waals surface area contributed by atoms with E-state index in [0.717, 1.165) is 35.3 Å². The van der Waals surface area contributed by atoms with Crippen molar-refractivity contribution in [2.75, 3.05) is 0 Å². The second-order valence-electron chi connectivity index (χ2n) is 8.95. The summed E-state index contributed by atoms with van der Waals surface area (Å²) in [5.74, 6) is -0.913. The highest BCUT2D eigenvalue weighted by atomic mass is 16.4. The van der Waals surface area contributed by atoms with Crippen LogP contribution in [-0.4, -0.2) is 27.0 Å². The maximum absolute atomic E-state index is 13.1. The van der Waals surface area contributed by atoms with Crippen molar-refractivity contribution in [3.63, 3.8) is 0 Å². The molecule has 176 valence electrons. The number of aryl methyl sites for hydroxylation is 2. The number of aliphatic carboxylic acids is 1. The molecule has 2 N–H and O–H groups in total. The average Bonchev–Trinajstić information content (AvgIpc) is 3.29. The zero-order valence-corrected chi connectivity index (χ0v) is 19.4. The van der Waals surface area contributed by atoms with Gasteiger partial charge in [-0.05, 0) is 61.4 Å². The maximum Gasteiger partial charge on any atom is 0.303 e. The zero-order chi connectivity index (χ0) is 24.2. The number of nitrogens with zero attached hydrogens (tertiary/aromatic N) is 2. The summed E-state index contributed by atoms with van der Waals surface area (Å²) in [6, 6.07) is 23.6. The normalized spacial score (nSPS) is 14.6. The maximum atomic E-state index is 13.1. The van der Waals surface area contributed by atoms with Crippen molar-refractivity contribution in [2.45, 2.75) is 44.6 Å². The molecule has 35 heavy (non-hydrogen) atoms. The smallest absolute Gasteiger partial charge is 0.303 e. The van der Waals surface area contributed by atoms with Gasteiger partial charge in [-0.2, -0.15) is 0 Å². The third-order valence-corrected chi connectivity index (χ3v) is 6.54. The van der Waals surface area contributed by atoms with Gasteiger partial charge in [0.2, 0.25) is 0 Å². The van der Waals surface area contributed by atoms with Gasteiger partial charge in [0, 0.05) is 17.5 Å². The molecule has 5 rings (SSSR count). The molecular formula is C29H27N3O3. The third kappa shape index (κ3) is 5.06. The molecule has 4 aromatic rings. The lowest BCUT2D eigenvalue weighted by Gasteiger charge is -2.15. The lowest BCUT2D eigenvalue weighted by molar-refractivity contribution is -0.137. The van der Waals surface area contributed by atoms with Crippen LogP contribution in [0.5, 0.6) is 0 Å². The van der Waals surface area contributed by atoms with Crippen molar-refractivity contribution >= 4 is 22.9 Å². The van der Waals surface area contributed by atoms with Crippen molar-refractivity contribution in [2.24, 2.45) is 0 Å². The first-order valence-corrected chi connectivity index (χ1v) is 12.0. The molecule has 1 unspecified atom stereocenters. The minimum absolute atomic E-state index is 0.0192. The minimum atomic E-state index is -0.793. The molecule has 0 spiro atoms. The van der Waals surface area contributed by atoms with Crippen molar-refractivity contribution in [1.29, 1.82) is 0 Å². The summed E-state index contributed by atoms with van der Waals surface area (Å²) in [7, 11) is 0. The van der Waals surface area contributed by atoms with Crippen LogP contribution >= 0.6 is 0 Å². The summed E-state index contributed by atoms with van der Waals surface area (Å²) in [6.07, 6.45) is 3.91. The highest BCUT2D eigenvalue weighted by molar-refractivity contribution is 5.97. The fourth-order valence-corrected chi connectivity index (χ4v) is 4.75. The van der Waals surface area contributed by atoms with Crippen molar-refractivity contribution < 1.29 is 14.7 Å². The number of fused-ring (bicyclic) bond motifs is 2. The topological polar surface area (TPSA) is 92.2 Å².